The van der Waals surface area contributed by atoms with Gasteiger partial charge in [0, 0.05) is 10.6 Å². The molecule has 82 valence electrons. The molecule has 0 aliphatic heterocycles. The summed E-state index contributed by atoms with van der Waals surface area (Å²) in [4.78, 5) is 0.851. The van der Waals surface area contributed by atoms with Gasteiger partial charge < -0.3 is 0 Å². The van der Waals surface area contributed by atoms with Gasteiger partial charge in [0.15, 0.2) is 0 Å². The SMILES string of the molecule is Fc1cccc(CSc2cccc(F)c2)c1. The van der Waals surface area contributed by atoms with Crippen molar-refractivity contribution in [2.24, 2.45) is 0 Å². The van der Waals surface area contributed by atoms with Crippen LogP contribution in [0.3, 0.4) is 0 Å². The van der Waals surface area contributed by atoms with Crippen LogP contribution in [0.25, 0.3) is 0 Å². The van der Waals surface area contributed by atoms with E-state index in [1.165, 1.54) is 36.0 Å². The van der Waals surface area contributed by atoms with E-state index in [2.05, 4.69) is 0 Å². The smallest absolute Gasteiger partial charge is 0.124 e. The Bertz CT molecular complexity index is 437. The topological polar surface area (TPSA) is 0 Å². The summed E-state index contributed by atoms with van der Waals surface area (Å²) in [7, 11) is 0. The van der Waals surface area contributed by atoms with Crippen LogP contribution in [0.1, 0.15) is 5.56 Å². The van der Waals surface area contributed by atoms with E-state index >= 15 is 0 Å². The fourth-order valence-corrected chi connectivity index (χ4v) is 2.23. The van der Waals surface area contributed by atoms with E-state index in [-0.39, 0.29) is 11.6 Å². The molecule has 0 saturated carbocycles. The van der Waals surface area contributed by atoms with Gasteiger partial charge in [-0.05, 0) is 35.9 Å². The Morgan fingerprint density at radius 3 is 2.25 bits per heavy atom. The molecule has 0 bridgehead atoms. The fraction of sp³-hybridized carbons (Fsp3) is 0.0769. The van der Waals surface area contributed by atoms with E-state index in [9.17, 15) is 8.78 Å². The van der Waals surface area contributed by atoms with E-state index in [1.807, 2.05) is 12.1 Å². The van der Waals surface area contributed by atoms with Crippen molar-refractivity contribution in [3.63, 3.8) is 0 Å². The Hall–Kier alpha value is -1.35. The molecule has 2 aromatic rings. The summed E-state index contributed by atoms with van der Waals surface area (Å²) < 4.78 is 25.8. The predicted octanol–water partition coefficient (Wildman–Crippen LogP) is 4.26. The average molecular weight is 236 g/mol. The van der Waals surface area contributed by atoms with Crippen LogP contribution in [0.4, 0.5) is 8.78 Å². The molecule has 0 aliphatic rings. The minimum absolute atomic E-state index is 0.239. The van der Waals surface area contributed by atoms with Crippen molar-refractivity contribution in [3.05, 3.63) is 65.7 Å². The molecule has 0 aliphatic carbocycles. The number of benzene rings is 2. The number of rotatable bonds is 3. The molecule has 0 spiro atoms. The Morgan fingerprint density at radius 1 is 0.875 bits per heavy atom. The third-order valence-electron chi connectivity index (χ3n) is 2.09. The standard InChI is InChI=1S/C13H10F2S/c14-11-4-1-3-10(7-11)9-16-13-6-2-5-12(15)8-13/h1-8H,9H2. The molecule has 0 fully saturated rings. The summed E-state index contributed by atoms with van der Waals surface area (Å²) in [5, 5.41) is 0. The Labute approximate surface area is 97.3 Å². The van der Waals surface area contributed by atoms with Crippen molar-refractivity contribution in [2.75, 3.05) is 0 Å². The molecule has 0 N–H and O–H groups in total. The Kier molecular flexibility index (Phi) is 3.57. The molecular formula is C13H10F2S. The molecule has 16 heavy (non-hydrogen) atoms. The van der Waals surface area contributed by atoms with Crippen molar-refractivity contribution in [3.8, 4) is 0 Å². The van der Waals surface area contributed by atoms with Crippen LogP contribution in [0.5, 0.6) is 0 Å². The molecule has 0 aromatic heterocycles. The lowest BCUT2D eigenvalue weighted by Gasteiger charge is -2.02. The van der Waals surface area contributed by atoms with Gasteiger partial charge >= 0.3 is 0 Å². The summed E-state index contributed by atoms with van der Waals surface area (Å²) in [5.41, 5.74) is 0.897. The summed E-state index contributed by atoms with van der Waals surface area (Å²) in [6.07, 6.45) is 0. The predicted molar refractivity (Wildman–Crippen MR) is 62.4 cm³/mol. The first-order chi connectivity index (χ1) is 7.74. The Morgan fingerprint density at radius 2 is 1.56 bits per heavy atom. The lowest BCUT2D eigenvalue weighted by Crippen LogP contribution is -1.83. The zero-order chi connectivity index (χ0) is 11.4. The maximum absolute atomic E-state index is 12.9. The van der Waals surface area contributed by atoms with E-state index < -0.39 is 0 Å². The zero-order valence-corrected chi connectivity index (χ0v) is 9.31. The van der Waals surface area contributed by atoms with Crippen molar-refractivity contribution < 1.29 is 8.78 Å². The van der Waals surface area contributed by atoms with E-state index in [1.54, 1.807) is 12.1 Å². The van der Waals surface area contributed by atoms with Crippen molar-refractivity contribution in [1.82, 2.24) is 0 Å². The normalized spacial score (nSPS) is 10.4. The first-order valence-electron chi connectivity index (χ1n) is 4.87. The first-order valence-corrected chi connectivity index (χ1v) is 5.85. The zero-order valence-electron chi connectivity index (χ0n) is 8.49. The molecule has 0 nitrogen and oxygen atoms in total. The van der Waals surface area contributed by atoms with Gasteiger partial charge in [-0.25, -0.2) is 8.78 Å². The highest BCUT2D eigenvalue weighted by Gasteiger charge is 1.99. The number of hydrogen-bond acceptors (Lipinski definition) is 1. The Balaban J connectivity index is 2.02. The lowest BCUT2D eigenvalue weighted by molar-refractivity contribution is 0.624. The van der Waals surface area contributed by atoms with Crippen molar-refractivity contribution in [2.45, 2.75) is 10.6 Å². The molecule has 3 heteroatoms. The first kappa shape index (κ1) is 11.1. The summed E-state index contributed by atoms with van der Waals surface area (Å²) in [6.45, 7) is 0. The average Bonchev–Trinajstić information content (AvgIpc) is 2.27. The van der Waals surface area contributed by atoms with Crippen molar-refractivity contribution >= 4 is 11.8 Å². The second-order valence-corrected chi connectivity index (χ2v) is 4.42. The highest BCUT2D eigenvalue weighted by Crippen LogP contribution is 2.23. The highest BCUT2D eigenvalue weighted by molar-refractivity contribution is 7.98. The second-order valence-electron chi connectivity index (χ2n) is 3.38. The molecule has 0 amide bonds. The van der Waals surface area contributed by atoms with Crippen LogP contribution in [0, 0.1) is 11.6 Å². The van der Waals surface area contributed by atoms with Crippen LogP contribution >= 0.6 is 11.8 Å². The largest absolute Gasteiger partial charge is 0.207 e. The van der Waals surface area contributed by atoms with Gasteiger partial charge in [-0.15, -0.1) is 11.8 Å². The molecule has 0 radical (unpaired) electrons. The van der Waals surface area contributed by atoms with E-state index in [0.29, 0.717) is 5.75 Å². The molecule has 0 atom stereocenters. The van der Waals surface area contributed by atoms with Crippen LogP contribution in [0.2, 0.25) is 0 Å². The molecule has 2 aromatic carbocycles. The number of hydrogen-bond donors (Lipinski definition) is 0. The van der Waals surface area contributed by atoms with Crippen molar-refractivity contribution in [1.29, 1.82) is 0 Å². The molecule has 0 heterocycles. The summed E-state index contributed by atoms with van der Waals surface area (Å²) >= 11 is 1.49. The van der Waals surface area contributed by atoms with E-state index in [4.69, 9.17) is 0 Å². The second kappa shape index (κ2) is 5.12. The maximum atomic E-state index is 12.9. The number of thioether (sulfide) groups is 1. The quantitative estimate of drug-likeness (QED) is 0.718. The maximum Gasteiger partial charge on any atom is 0.124 e. The van der Waals surface area contributed by atoms with Gasteiger partial charge in [-0.1, -0.05) is 18.2 Å². The minimum Gasteiger partial charge on any atom is -0.207 e. The van der Waals surface area contributed by atoms with Gasteiger partial charge in [0.2, 0.25) is 0 Å². The third kappa shape index (κ3) is 3.07. The monoisotopic (exact) mass is 236 g/mol. The minimum atomic E-state index is -0.246. The van der Waals surface area contributed by atoms with Gasteiger partial charge in [-0.2, -0.15) is 0 Å². The summed E-state index contributed by atoms with van der Waals surface area (Å²) in [6, 6.07) is 12.8. The molecule has 0 saturated heterocycles. The fourth-order valence-electron chi connectivity index (χ4n) is 1.35. The number of halogens is 2. The highest BCUT2D eigenvalue weighted by atomic mass is 32.2. The summed E-state index contributed by atoms with van der Waals surface area (Å²) in [5.74, 6) is 0.155. The molecule has 0 unspecified atom stereocenters. The van der Waals surface area contributed by atoms with Crippen LogP contribution in [0.15, 0.2) is 53.4 Å². The van der Waals surface area contributed by atoms with Crippen LogP contribution < -0.4 is 0 Å². The van der Waals surface area contributed by atoms with Gasteiger partial charge in [0.05, 0.1) is 0 Å². The van der Waals surface area contributed by atoms with Crippen LogP contribution in [-0.2, 0) is 5.75 Å². The van der Waals surface area contributed by atoms with Gasteiger partial charge in [0.1, 0.15) is 11.6 Å². The third-order valence-corrected chi connectivity index (χ3v) is 3.16. The molecular weight excluding hydrogens is 226 g/mol. The lowest BCUT2D eigenvalue weighted by atomic mass is 10.2. The van der Waals surface area contributed by atoms with Crippen LogP contribution in [-0.4, -0.2) is 0 Å². The molecule has 2 rings (SSSR count). The van der Waals surface area contributed by atoms with E-state index in [0.717, 1.165) is 10.5 Å². The van der Waals surface area contributed by atoms with Gasteiger partial charge in [-0.3, -0.25) is 0 Å². The van der Waals surface area contributed by atoms with Gasteiger partial charge in [0.25, 0.3) is 0 Å².